The summed E-state index contributed by atoms with van der Waals surface area (Å²) in [4.78, 5) is 6.66. The number of likely N-dealkylation sites (tertiary alicyclic amines) is 1. The maximum atomic E-state index is 9.77. The molecule has 1 saturated heterocycles. The van der Waals surface area contributed by atoms with Crippen molar-refractivity contribution < 1.29 is 5.11 Å². The molecule has 2 rings (SSSR count). The van der Waals surface area contributed by atoms with E-state index in [4.69, 9.17) is 5.73 Å². The Balaban J connectivity index is 0.00000220. The molecular weight excluding hydrogens is 377 g/mol. The molecule has 0 aliphatic carbocycles. The Morgan fingerprint density at radius 1 is 1.29 bits per heavy atom. The molecule has 0 atom stereocenters. The molecule has 0 aromatic heterocycles. The van der Waals surface area contributed by atoms with Crippen molar-refractivity contribution in [3.63, 3.8) is 0 Å². The Hall–Kier alpha value is -0.980. The summed E-state index contributed by atoms with van der Waals surface area (Å²) in [6.45, 7) is 8.68. The summed E-state index contributed by atoms with van der Waals surface area (Å²) >= 11 is 0. The maximum absolute atomic E-state index is 9.77. The van der Waals surface area contributed by atoms with Gasteiger partial charge < -0.3 is 15.7 Å². The minimum Gasteiger partial charge on any atom is -0.507 e. The Morgan fingerprint density at radius 3 is 2.33 bits per heavy atom. The molecule has 1 aliphatic rings. The SMILES string of the molecule is Cc1cc(CN=C(N)N2CCC(C)CC2)cc(C)c1O.I. The fourth-order valence-corrected chi connectivity index (χ4v) is 2.65. The number of benzene rings is 1. The second-order valence-electron chi connectivity index (χ2n) is 5.92. The maximum Gasteiger partial charge on any atom is 0.191 e. The molecule has 118 valence electrons. The van der Waals surface area contributed by atoms with E-state index < -0.39 is 0 Å². The topological polar surface area (TPSA) is 61.8 Å². The summed E-state index contributed by atoms with van der Waals surface area (Å²) in [5.41, 5.74) is 8.94. The molecule has 0 bridgehead atoms. The van der Waals surface area contributed by atoms with Gasteiger partial charge in [-0.25, -0.2) is 4.99 Å². The van der Waals surface area contributed by atoms with Crippen LogP contribution in [0.15, 0.2) is 17.1 Å². The largest absolute Gasteiger partial charge is 0.507 e. The highest BCUT2D eigenvalue weighted by atomic mass is 127. The number of aryl methyl sites for hydroxylation is 2. The van der Waals surface area contributed by atoms with Crippen molar-refractivity contribution >= 4 is 29.9 Å². The zero-order chi connectivity index (χ0) is 14.7. The van der Waals surface area contributed by atoms with Crippen LogP contribution in [0.4, 0.5) is 0 Å². The van der Waals surface area contributed by atoms with Crippen LogP contribution < -0.4 is 5.73 Å². The standard InChI is InChI=1S/C16H25N3O.HI/c1-11-4-6-19(7-5-11)16(17)18-10-14-8-12(2)15(20)13(3)9-14;/h8-9,11,20H,4-7,10H2,1-3H3,(H2,17,18);1H. The molecule has 5 heteroatoms. The minimum absolute atomic E-state index is 0. The van der Waals surface area contributed by atoms with Crippen LogP contribution in [0.5, 0.6) is 5.75 Å². The molecule has 3 N–H and O–H groups in total. The first kappa shape index (κ1) is 18.1. The van der Waals surface area contributed by atoms with Crippen LogP contribution in [-0.2, 0) is 6.54 Å². The Bertz CT molecular complexity index is 485. The number of piperidine rings is 1. The summed E-state index contributed by atoms with van der Waals surface area (Å²) in [5, 5.41) is 9.77. The highest BCUT2D eigenvalue weighted by Crippen LogP contribution is 2.23. The van der Waals surface area contributed by atoms with Crippen molar-refractivity contribution in [1.82, 2.24) is 4.90 Å². The average molecular weight is 403 g/mol. The van der Waals surface area contributed by atoms with Crippen molar-refractivity contribution in [1.29, 1.82) is 0 Å². The summed E-state index contributed by atoms with van der Waals surface area (Å²) in [6.07, 6.45) is 2.38. The van der Waals surface area contributed by atoms with Crippen molar-refractivity contribution in [3.8, 4) is 5.75 Å². The number of phenolic OH excluding ortho intramolecular Hbond substituents is 1. The second-order valence-corrected chi connectivity index (χ2v) is 5.92. The molecule has 1 heterocycles. The number of hydrogen-bond donors (Lipinski definition) is 2. The van der Waals surface area contributed by atoms with E-state index in [0.717, 1.165) is 35.7 Å². The molecule has 0 radical (unpaired) electrons. The van der Waals surface area contributed by atoms with Gasteiger partial charge >= 0.3 is 0 Å². The van der Waals surface area contributed by atoms with Gasteiger partial charge in [0.2, 0.25) is 0 Å². The first-order valence-corrected chi connectivity index (χ1v) is 7.31. The fraction of sp³-hybridized carbons (Fsp3) is 0.562. The van der Waals surface area contributed by atoms with Crippen molar-refractivity contribution in [2.75, 3.05) is 13.1 Å². The van der Waals surface area contributed by atoms with E-state index in [1.54, 1.807) is 0 Å². The lowest BCUT2D eigenvalue weighted by Crippen LogP contribution is -2.42. The lowest BCUT2D eigenvalue weighted by atomic mass is 10.00. The van der Waals surface area contributed by atoms with Gasteiger partial charge in [-0.05, 0) is 49.3 Å². The number of aromatic hydroxyl groups is 1. The lowest BCUT2D eigenvalue weighted by Gasteiger charge is -2.31. The lowest BCUT2D eigenvalue weighted by molar-refractivity contribution is 0.277. The van der Waals surface area contributed by atoms with Gasteiger partial charge in [0.15, 0.2) is 5.96 Å². The fourth-order valence-electron chi connectivity index (χ4n) is 2.65. The third-order valence-electron chi connectivity index (χ3n) is 4.08. The van der Waals surface area contributed by atoms with Crippen LogP contribution >= 0.6 is 24.0 Å². The zero-order valence-corrected chi connectivity index (χ0v) is 15.4. The molecule has 0 spiro atoms. The van der Waals surface area contributed by atoms with Crippen LogP contribution in [0, 0.1) is 19.8 Å². The van der Waals surface area contributed by atoms with Gasteiger partial charge in [-0.2, -0.15) is 0 Å². The van der Waals surface area contributed by atoms with Gasteiger partial charge in [-0.15, -0.1) is 24.0 Å². The van der Waals surface area contributed by atoms with E-state index >= 15 is 0 Å². The number of nitrogens with two attached hydrogens (primary N) is 1. The predicted molar refractivity (Wildman–Crippen MR) is 98.3 cm³/mol. The Labute approximate surface area is 144 Å². The highest BCUT2D eigenvalue weighted by molar-refractivity contribution is 14.0. The van der Waals surface area contributed by atoms with Gasteiger partial charge in [0.1, 0.15) is 5.75 Å². The van der Waals surface area contributed by atoms with Gasteiger partial charge in [0, 0.05) is 13.1 Å². The predicted octanol–water partition coefficient (Wildman–Crippen LogP) is 3.17. The van der Waals surface area contributed by atoms with Gasteiger partial charge in [0.25, 0.3) is 0 Å². The number of guanidine groups is 1. The molecule has 0 saturated carbocycles. The van der Waals surface area contributed by atoms with Crippen LogP contribution in [0.3, 0.4) is 0 Å². The Morgan fingerprint density at radius 2 is 1.81 bits per heavy atom. The molecule has 1 aliphatic heterocycles. The molecule has 4 nitrogen and oxygen atoms in total. The van der Waals surface area contributed by atoms with E-state index in [1.807, 2.05) is 26.0 Å². The smallest absolute Gasteiger partial charge is 0.191 e. The third kappa shape index (κ3) is 4.76. The second kappa shape index (κ2) is 7.87. The third-order valence-corrected chi connectivity index (χ3v) is 4.08. The summed E-state index contributed by atoms with van der Waals surface area (Å²) in [6, 6.07) is 3.94. The monoisotopic (exact) mass is 403 g/mol. The molecule has 0 unspecified atom stereocenters. The zero-order valence-electron chi connectivity index (χ0n) is 13.1. The number of nitrogens with zero attached hydrogens (tertiary/aromatic N) is 2. The van der Waals surface area contributed by atoms with Gasteiger partial charge in [0.05, 0.1) is 6.54 Å². The summed E-state index contributed by atoms with van der Waals surface area (Å²) in [5.74, 6) is 1.80. The normalized spacial score (nSPS) is 16.7. The number of rotatable bonds is 2. The van der Waals surface area contributed by atoms with Gasteiger partial charge in [-0.1, -0.05) is 19.1 Å². The number of aliphatic imine (C=N–C) groups is 1. The van der Waals surface area contributed by atoms with Crippen LogP contribution in [0.25, 0.3) is 0 Å². The van der Waals surface area contributed by atoms with Crippen molar-refractivity contribution in [3.05, 3.63) is 28.8 Å². The molecule has 1 aromatic carbocycles. The minimum atomic E-state index is 0. The molecule has 1 fully saturated rings. The van der Waals surface area contributed by atoms with Crippen molar-refractivity contribution in [2.24, 2.45) is 16.6 Å². The van der Waals surface area contributed by atoms with Crippen LogP contribution in [-0.4, -0.2) is 29.1 Å². The molecule has 21 heavy (non-hydrogen) atoms. The Kier molecular flexibility index (Phi) is 6.77. The molecular formula is C16H26IN3O. The average Bonchev–Trinajstić information content (AvgIpc) is 2.42. The molecule has 0 amide bonds. The highest BCUT2D eigenvalue weighted by Gasteiger charge is 2.16. The summed E-state index contributed by atoms with van der Waals surface area (Å²) in [7, 11) is 0. The number of phenols is 1. The van der Waals surface area contributed by atoms with E-state index in [9.17, 15) is 5.11 Å². The van der Waals surface area contributed by atoms with Crippen LogP contribution in [0.2, 0.25) is 0 Å². The number of halogens is 1. The first-order valence-electron chi connectivity index (χ1n) is 7.31. The van der Waals surface area contributed by atoms with E-state index in [-0.39, 0.29) is 24.0 Å². The van der Waals surface area contributed by atoms with Gasteiger partial charge in [-0.3, -0.25) is 0 Å². The first-order chi connectivity index (χ1) is 9.47. The van der Waals surface area contributed by atoms with Crippen LogP contribution in [0.1, 0.15) is 36.5 Å². The number of hydrogen-bond acceptors (Lipinski definition) is 2. The van der Waals surface area contributed by atoms with E-state index in [2.05, 4.69) is 16.8 Å². The van der Waals surface area contributed by atoms with E-state index in [1.165, 1.54) is 12.8 Å². The summed E-state index contributed by atoms with van der Waals surface area (Å²) < 4.78 is 0. The molecule has 1 aromatic rings. The van der Waals surface area contributed by atoms with E-state index in [0.29, 0.717) is 18.3 Å². The quantitative estimate of drug-likeness (QED) is 0.453. The van der Waals surface area contributed by atoms with Crippen molar-refractivity contribution in [2.45, 2.75) is 40.2 Å².